The summed E-state index contributed by atoms with van der Waals surface area (Å²) in [5, 5.41) is 7.31. The lowest BCUT2D eigenvalue weighted by atomic mass is 10.2. The van der Waals surface area contributed by atoms with Gasteiger partial charge in [0.25, 0.3) is 0 Å². The Labute approximate surface area is 151 Å². The van der Waals surface area contributed by atoms with Crippen molar-refractivity contribution in [1.82, 2.24) is 20.2 Å². The molecule has 0 bridgehead atoms. The second kappa shape index (κ2) is 7.25. The predicted octanol–water partition coefficient (Wildman–Crippen LogP) is 4.62. The summed E-state index contributed by atoms with van der Waals surface area (Å²) in [6, 6.07) is 10.9. The standard InChI is InChI=1S/C18H14F2N4OS/c19-12-8-11(9-13(20)10-12)17-22-18(24-23-17)26-7-3-6-16-21-14-4-1-2-5-15(14)25-16/h1-2,4-5,8-10H,3,6-7H2,(H,22,23,24). The lowest BCUT2D eigenvalue weighted by molar-refractivity contribution is 0.526. The van der Waals surface area contributed by atoms with Gasteiger partial charge in [0, 0.05) is 23.8 Å². The van der Waals surface area contributed by atoms with Crippen molar-refractivity contribution in [2.24, 2.45) is 0 Å². The maximum atomic E-state index is 13.3. The zero-order valence-corrected chi connectivity index (χ0v) is 14.4. The Bertz CT molecular complexity index is 993. The van der Waals surface area contributed by atoms with Crippen LogP contribution in [-0.2, 0) is 6.42 Å². The Morgan fingerprint density at radius 3 is 2.65 bits per heavy atom. The van der Waals surface area contributed by atoms with Crippen LogP contribution in [0, 0.1) is 11.6 Å². The van der Waals surface area contributed by atoms with Crippen LogP contribution in [-0.4, -0.2) is 25.9 Å². The number of aromatic nitrogens is 4. The second-order valence-corrected chi connectivity index (χ2v) is 6.71. The van der Waals surface area contributed by atoms with Crippen LogP contribution in [0.4, 0.5) is 8.78 Å². The highest BCUT2D eigenvalue weighted by Crippen LogP contribution is 2.22. The Morgan fingerprint density at radius 2 is 1.85 bits per heavy atom. The van der Waals surface area contributed by atoms with E-state index < -0.39 is 11.6 Å². The lowest BCUT2D eigenvalue weighted by Crippen LogP contribution is -1.88. The molecule has 0 saturated heterocycles. The average molecular weight is 372 g/mol. The number of H-pyrrole nitrogens is 1. The number of rotatable bonds is 6. The molecule has 0 atom stereocenters. The molecular weight excluding hydrogens is 358 g/mol. The van der Waals surface area contributed by atoms with E-state index in [4.69, 9.17) is 4.42 Å². The third-order valence-electron chi connectivity index (χ3n) is 3.71. The molecule has 2 heterocycles. The maximum absolute atomic E-state index is 13.3. The van der Waals surface area contributed by atoms with Gasteiger partial charge in [-0.25, -0.2) is 18.7 Å². The monoisotopic (exact) mass is 372 g/mol. The Kier molecular flexibility index (Phi) is 4.66. The molecule has 26 heavy (non-hydrogen) atoms. The van der Waals surface area contributed by atoms with Crippen LogP contribution in [0.1, 0.15) is 12.3 Å². The normalized spacial score (nSPS) is 11.3. The minimum atomic E-state index is -0.649. The summed E-state index contributed by atoms with van der Waals surface area (Å²) in [7, 11) is 0. The number of halogens is 2. The summed E-state index contributed by atoms with van der Waals surface area (Å²) in [5.41, 5.74) is 1.97. The van der Waals surface area contributed by atoms with Gasteiger partial charge in [0.2, 0.25) is 5.16 Å². The first-order valence-corrected chi connectivity index (χ1v) is 9.02. The van der Waals surface area contributed by atoms with Crippen molar-refractivity contribution in [1.29, 1.82) is 0 Å². The first-order chi connectivity index (χ1) is 12.7. The Balaban J connectivity index is 1.33. The SMILES string of the molecule is Fc1cc(F)cc(-c2nc(SCCCc3nc4ccccc4o3)n[nH]2)c1. The van der Waals surface area contributed by atoms with E-state index in [0.717, 1.165) is 29.3 Å². The lowest BCUT2D eigenvalue weighted by Gasteiger charge is -1.97. The van der Waals surface area contributed by atoms with Crippen molar-refractivity contribution in [2.75, 3.05) is 5.75 Å². The first-order valence-electron chi connectivity index (χ1n) is 8.03. The van der Waals surface area contributed by atoms with Gasteiger partial charge in [-0.1, -0.05) is 23.9 Å². The summed E-state index contributed by atoms with van der Waals surface area (Å²) in [6.45, 7) is 0. The molecule has 5 nitrogen and oxygen atoms in total. The summed E-state index contributed by atoms with van der Waals surface area (Å²) in [6.07, 6.45) is 1.56. The van der Waals surface area contributed by atoms with Crippen LogP contribution in [0.5, 0.6) is 0 Å². The van der Waals surface area contributed by atoms with Crippen LogP contribution < -0.4 is 0 Å². The fourth-order valence-corrected chi connectivity index (χ4v) is 3.28. The van der Waals surface area contributed by atoms with Crippen molar-refractivity contribution in [3.8, 4) is 11.4 Å². The van der Waals surface area contributed by atoms with E-state index in [1.165, 1.54) is 23.9 Å². The van der Waals surface area contributed by atoms with Gasteiger partial charge in [-0.15, -0.1) is 5.10 Å². The Morgan fingerprint density at radius 1 is 1.04 bits per heavy atom. The highest BCUT2D eigenvalue weighted by atomic mass is 32.2. The molecule has 1 N–H and O–H groups in total. The van der Waals surface area contributed by atoms with Crippen LogP contribution in [0.2, 0.25) is 0 Å². The van der Waals surface area contributed by atoms with Crippen molar-refractivity contribution >= 4 is 22.9 Å². The van der Waals surface area contributed by atoms with E-state index in [1.54, 1.807) is 0 Å². The molecule has 0 fully saturated rings. The Hall–Kier alpha value is -2.74. The number of para-hydroxylation sites is 2. The molecule has 0 unspecified atom stereocenters. The molecule has 0 radical (unpaired) electrons. The number of nitrogens with zero attached hydrogens (tertiary/aromatic N) is 3. The van der Waals surface area contributed by atoms with Gasteiger partial charge in [-0.3, -0.25) is 5.10 Å². The molecule has 4 aromatic rings. The number of oxazole rings is 1. The topological polar surface area (TPSA) is 67.6 Å². The maximum Gasteiger partial charge on any atom is 0.208 e. The fraction of sp³-hybridized carbons (Fsp3) is 0.167. The number of hydrogen-bond donors (Lipinski definition) is 1. The van der Waals surface area contributed by atoms with Crippen molar-refractivity contribution in [3.63, 3.8) is 0 Å². The quantitative estimate of drug-likeness (QED) is 0.395. The molecule has 8 heteroatoms. The van der Waals surface area contributed by atoms with Gasteiger partial charge in [-0.2, -0.15) is 0 Å². The summed E-state index contributed by atoms with van der Waals surface area (Å²) in [5.74, 6) is 0.517. The van der Waals surface area contributed by atoms with E-state index in [1.807, 2.05) is 24.3 Å². The molecule has 0 amide bonds. The second-order valence-electron chi connectivity index (χ2n) is 5.65. The van der Waals surface area contributed by atoms with E-state index >= 15 is 0 Å². The smallest absolute Gasteiger partial charge is 0.208 e. The van der Waals surface area contributed by atoms with Crippen molar-refractivity contribution < 1.29 is 13.2 Å². The number of benzene rings is 2. The van der Waals surface area contributed by atoms with E-state index in [-0.39, 0.29) is 0 Å². The van der Waals surface area contributed by atoms with Crippen LogP contribution >= 0.6 is 11.8 Å². The van der Waals surface area contributed by atoms with Gasteiger partial charge in [-0.05, 0) is 30.7 Å². The zero-order chi connectivity index (χ0) is 17.9. The van der Waals surface area contributed by atoms with Crippen molar-refractivity contribution in [3.05, 3.63) is 60.0 Å². The molecule has 0 saturated carbocycles. The first kappa shape index (κ1) is 16.7. The van der Waals surface area contributed by atoms with Crippen LogP contribution in [0.3, 0.4) is 0 Å². The van der Waals surface area contributed by atoms with Gasteiger partial charge < -0.3 is 4.42 Å². The average Bonchev–Trinajstić information content (AvgIpc) is 3.24. The molecule has 2 aromatic heterocycles. The van der Waals surface area contributed by atoms with Crippen LogP contribution in [0.15, 0.2) is 52.0 Å². The fourth-order valence-electron chi connectivity index (χ4n) is 2.54. The van der Waals surface area contributed by atoms with E-state index in [0.29, 0.717) is 28.9 Å². The summed E-state index contributed by atoms with van der Waals surface area (Å²) < 4.78 is 32.2. The number of fused-ring (bicyclic) bond motifs is 1. The van der Waals surface area contributed by atoms with E-state index in [9.17, 15) is 8.78 Å². The molecule has 2 aromatic carbocycles. The number of aromatic amines is 1. The summed E-state index contributed by atoms with van der Waals surface area (Å²) in [4.78, 5) is 8.70. The largest absolute Gasteiger partial charge is 0.441 e. The molecule has 0 spiro atoms. The van der Waals surface area contributed by atoms with Gasteiger partial charge in [0.15, 0.2) is 17.3 Å². The number of nitrogens with one attached hydrogen (secondary N) is 1. The van der Waals surface area contributed by atoms with Crippen molar-refractivity contribution in [2.45, 2.75) is 18.0 Å². The highest BCUT2D eigenvalue weighted by molar-refractivity contribution is 7.99. The minimum Gasteiger partial charge on any atom is -0.441 e. The van der Waals surface area contributed by atoms with Crippen LogP contribution in [0.25, 0.3) is 22.5 Å². The minimum absolute atomic E-state index is 0.327. The summed E-state index contributed by atoms with van der Waals surface area (Å²) >= 11 is 1.46. The molecule has 0 aliphatic rings. The molecule has 0 aliphatic carbocycles. The predicted molar refractivity (Wildman–Crippen MR) is 94.8 cm³/mol. The highest BCUT2D eigenvalue weighted by Gasteiger charge is 2.10. The van der Waals surface area contributed by atoms with Gasteiger partial charge in [0.1, 0.15) is 17.2 Å². The third-order valence-corrected chi connectivity index (χ3v) is 4.64. The van der Waals surface area contributed by atoms with E-state index in [2.05, 4.69) is 20.2 Å². The third kappa shape index (κ3) is 3.75. The number of aryl methyl sites for hydroxylation is 1. The molecule has 0 aliphatic heterocycles. The van der Waals surface area contributed by atoms with Gasteiger partial charge in [0.05, 0.1) is 0 Å². The van der Waals surface area contributed by atoms with Gasteiger partial charge >= 0.3 is 0 Å². The number of thioether (sulfide) groups is 1. The number of hydrogen-bond acceptors (Lipinski definition) is 5. The molecule has 132 valence electrons. The molecular formula is C18H14F2N4OS. The zero-order valence-electron chi connectivity index (χ0n) is 13.6. The molecule has 4 rings (SSSR count).